The Kier molecular flexibility index (Phi) is 4.94. The Hall–Kier alpha value is -0.570. The number of hydrogen-bond acceptors (Lipinski definition) is 2. The van der Waals surface area contributed by atoms with Crippen molar-refractivity contribution >= 4 is 29.3 Å². The van der Waals surface area contributed by atoms with Gasteiger partial charge in [-0.1, -0.05) is 35.4 Å². The molecule has 2 nitrogen and oxygen atoms in total. The van der Waals surface area contributed by atoms with Gasteiger partial charge in [-0.3, -0.25) is 0 Å². The van der Waals surface area contributed by atoms with E-state index in [0.717, 1.165) is 18.5 Å². The van der Waals surface area contributed by atoms with Gasteiger partial charge < -0.3 is 5.32 Å². The molecule has 0 radical (unpaired) electrons. The molecule has 1 N–H and O–H groups in total. The maximum absolute atomic E-state index is 5.94. The average Bonchev–Trinajstić information content (AvgIpc) is 2.19. The fraction of sp³-hybridized carbons (Fsp3) is 0.300. The zero-order chi connectivity index (χ0) is 10.4. The van der Waals surface area contributed by atoms with Crippen molar-refractivity contribution in [1.82, 2.24) is 10.3 Å². The molecule has 4 heteroatoms. The molecule has 1 rings (SSSR count). The quantitative estimate of drug-likeness (QED) is 0.636. The Morgan fingerprint density at radius 3 is 3.00 bits per heavy atom. The molecule has 0 saturated carbocycles. The Labute approximate surface area is 93.9 Å². The lowest BCUT2D eigenvalue weighted by Gasteiger charge is -1.98. The first-order valence-corrected chi connectivity index (χ1v) is 5.12. The number of nitrogens with one attached hydrogen (secondary N) is 1. The van der Waals surface area contributed by atoms with Crippen LogP contribution in [0.15, 0.2) is 18.3 Å². The molecule has 1 heterocycles. The lowest BCUT2D eigenvalue weighted by molar-refractivity contribution is 0.809. The summed E-state index contributed by atoms with van der Waals surface area (Å²) in [7, 11) is 1.92. The predicted molar refractivity (Wildman–Crippen MR) is 61.8 cm³/mol. The summed E-state index contributed by atoms with van der Waals surface area (Å²) in [5, 5.41) is 3.92. The van der Waals surface area contributed by atoms with E-state index in [9.17, 15) is 0 Å². The largest absolute Gasteiger partial charge is 0.319 e. The highest BCUT2D eigenvalue weighted by Gasteiger charge is 2.01. The molecule has 0 spiro atoms. The number of rotatable bonds is 4. The Morgan fingerprint density at radius 1 is 1.50 bits per heavy atom. The number of aromatic nitrogens is 1. The van der Waals surface area contributed by atoms with Gasteiger partial charge in [0.25, 0.3) is 0 Å². The first-order valence-electron chi connectivity index (χ1n) is 4.37. The van der Waals surface area contributed by atoms with Crippen molar-refractivity contribution in [1.29, 1.82) is 0 Å². The van der Waals surface area contributed by atoms with E-state index < -0.39 is 0 Å². The lowest BCUT2D eigenvalue weighted by atomic mass is 10.2. The van der Waals surface area contributed by atoms with E-state index in [4.69, 9.17) is 23.2 Å². The van der Waals surface area contributed by atoms with Gasteiger partial charge in [-0.05, 0) is 31.6 Å². The molecule has 0 aromatic carbocycles. The third kappa shape index (κ3) is 3.29. The van der Waals surface area contributed by atoms with Gasteiger partial charge in [-0.2, -0.15) is 0 Å². The number of pyridine rings is 1. The number of halogens is 2. The fourth-order valence-corrected chi connectivity index (χ4v) is 1.34. The van der Waals surface area contributed by atoms with Crippen molar-refractivity contribution in [3.05, 3.63) is 34.1 Å². The zero-order valence-electron chi connectivity index (χ0n) is 7.93. The molecule has 0 fully saturated rings. The van der Waals surface area contributed by atoms with Crippen LogP contribution in [0.5, 0.6) is 0 Å². The molecule has 0 bridgehead atoms. The van der Waals surface area contributed by atoms with Gasteiger partial charge in [0, 0.05) is 6.20 Å². The van der Waals surface area contributed by atoms with E-state index >= 15 is 0 Å². The van der Waals surface area contributed by atoms with E-state index in [1.54, 1.807) is 6.20 Å². The summed E-state index contributed by atoms with van der Waals surface area (Å²) in [5.41, 5.74) is 0.905. The standard InChI is InChI=1S/C10H12Cl2N2/c1-13-6-3-2-4-8-5-7-14-10(12)9(8)11/h2,4-5,7,13H,3,6H2,1H3. The highest BCUT2D eigenvalue weighted by atomic mass is 35.5. The molecule has 0 amide bonds. The highest BCUT2D eigenvalue weighted by Crippen LogP contribution is 2.24. The molecule has 1 aromatic rings. The highest BCUT2D eigenvalue weighted by molar-refractivity contribution is 6.42. The third-order valence-corrected chi connectivity index (χ3v) is 2.52. The van der Waals surface area contributed by atoms with Crippen LogP contribution in [-0.4, -0.2) is 18.6 Å². The van der Waals surface area contributed by atoms with E-state index in [0.29, 0.717) is 10.2 Å². The monoisotopic (exact) mass is 230 g/mol. The molecule has 0 aliphatic carbocycles. The van der Waals surface area contributed by atoms with Crippen LogP contribution in [0.3, 0.4) is 0 Å². The summed E-state index contributed by atoms with van der Waals surface area (Å²) in [6, 6.07) is 1.84. The summed E-state index contributed by atoms with van der Waals surface area (Å²) in [4.78, 5) is 3.87. The maximum atomic E-state index is 5.94. The summed E-state index contributed by atoms with van der Waals surface area (Å²) >= 11 is 11.7. The number of hydrogen-bond donors (Lipinski definition) is 1. The van der Waals surface area contributed by atoms with Crippen LogP contribution < -0.4 is 5.32 Å². The van der Waals surface area contributed by atoms with Crippen LogP contribution in [0.1, 0.15) is 12.0 Å². The van der Waals surface area contributed by atoms with Gasteiger partial charge >= 0.3 is 0 Å². The second kappa shape index (κ2) is 6.02. The second-order valence-electron chi connectivity index (χ2n) is 2.80. The molecule has 0 aliphatic heterocycles. The minimum absolute atomic E-state index is 0.349. The average molecular weight is 231 g/mol. The molecular formula is C10H12Cl2N2. The van der Waals surface area contributed by atoms with Crippen molar-refractivity contribution in [3.8, 4) is 0 Å². The van der Waals surface area contributed by atoms with Crippen LogP contribution >= 0.6 is 23.2 Å². The minimum atomic E-state index is 0.349. The SMILES string of the molecule is CNCCC=Cc1ccnc(Cl)c1Cl. The minimum Gasteiger partial charge on any atom is -0.319 e. The summed E-state index contributed by atoms with van der Waals surface area (Å²) in [5.74, 6) is 0. The molecule has 0 aliphatic rings. The van der Waals surface area contributed by atoms with Crippen molar-refractivity contribution in [2.24, 2.45) is 0 Å². The van der Waals surface area contributed by atoms with Gasteiger partial charge in [0.1, 0.15) is 5.15 Å². The molecule has 0 saturated heterocycles. The van der Waals surface area contributed by atoms with Crippen LogP contribution in [0.2, 0.25) is 10.2 Å². The Morgan fingerprint density at radius 2 is 2.29 bits per heavy atom. The van der Waals surface area contributed by atoms with Crippen LogP contribution in [0.4, 0.5) is 0 Å². The van der Waals surface area contributed by atoms with Crippen LogP contribution in [0, 0.1) is 0 Å². The zero-order valence-corrected chi connectivity index (χ0v) is 9.44. The molecule has 1 aromatic heterocycles. The number of nitrogens with zero attached hydrogens (tertiary/aromatic N) is 1. The normalized spacial score (nSPS) is 11.1. The fourth-order valence-electron chi connectivity index (χ4n) is 0.999. The first-order chi connectivity index (χ1) is 6.75. The summed E-state index contributed by atoms with van der Waals surface area (Å²) < 4.78 is 0. The van der Waals surface area contributed by atoms with Crippen molar-refractivity contribution in [3.63, 3.8) is 0 Å². The van der Waals surface area contributed by atoms with Gasteiger partial charge in [-0.15, -0.1) is 0 Å². The van der Waals surface area contributed by atoms with Crippen molar-refractivity contribution in [2.75, 3.05) is 13.6 Å². The van der Waals surface area contributed by atoms with E-state index in [1.165, 1.54) is 0 Å². The van der Waals surface area contributed by atoms with E-state index in [2.05, 4.69) is 10.3 Å². The second-order valence-corrected chi connectivity index (χ2v) is 3.54. The van der Waals surface area contributed by atoms with E-state index in [-0.39, 0.29) is 0 Å². The molecule has 0 unspecified atom stereocenters. The Balaban J connectivity index is 2.67. The predicted octanol–water partition coefficient (Wildman–Crippen LogP) is 3.01. The third-order valence-electron chi connectivity index (χ3n) is 1.73. The molecule has 76 valence electrons. The van der Waals surface area contributed by atoms with Gasteiger partial charge in [-0.25, -0.2) is 4.98 Å². The van der Waals surface area contributed by atoms with Gasteiger partial charge in [0.2, 0.25) is 0 Å². The maximum Gasteiger partial charge on any atom is 0.148 e. The van der Waals surface area contributed by atoms with Crippen molar-refractivity contribution in [2.45, 2.75) is 6.42 Å². The molecular weight excluding hydrogens is 219 g/mol. The van der Waals surface area contributed by atoms with Gasteiger partial charge in [0.05, 0.1) is 5.02 Å². The van der Waals surface area contributed by atoms with Crippen LogP contribution in [0.25, 0.3) is 6.08 Å². The first kappa shape index (κ1) is 11.5. The smallest absolute Gasteiger partial charge is 0.148 e. The summed E-state index contributed by atoms with van der Waals surface area (Å²) in [6.07, 6.45) is 6.61. The van der Waals surface area contributed by atoms with Crippen LogP contribution in [-0.2, 0) is 0 Å². The lowest BCUT2D eigenvalue weighted by Crippen LogP contribution is -2.05. The van der Waals surface area contributed by atoms with E-state index in [1.807, 2.05) is 25.3 Å². The Bertz CT molecular complexity index is 324. The van der Waals surface area contributed by atoms with Crippen molar-refractivity contribution < 1.29 is 0 Å². The molecule has 14 heavy (non-hydrogen) atoms. The van der Waals surface area contributed by atoms with Gasteiger partial charge in [0.15, 0.2) is 0 Å². The molecule has 0 atom stereocenters. The summed E-state index contributed by atoms with van der Waals surface area (Å²) in [6.45, 7) is 0.951. The topological polar surface area (TPSA) is 24.9 Å².